The van der Waals surface area contributed by atoms with Crippen LogP contribution in [0.5, 0.6) is 0 Å². The summed E-state index contributed by atoms with van der Waals surface area (Å²) in [5.41, 5.74) is 0.810. The maximum atomic E-state index is 12.5. The van der Waals surface area contributed by atoms with E-state index in [9.17, 15) is 13.6 Å². The van der Waals surface area contributed by atoms with Crippen LogP contribution < -0.4 is 0 Å². The lowest BCUT2D eigenvalue weighted by atomic mass is 9.99. The van der Waals surface area contributed by atoms with Crippen molar-refractivity contribution in [1.29, 1.82) is 0 Å². The fourth-order valence-electron chi connectivity index (χ4n) is 1.94. The Morgan fingerprint density at radius 2 is 2.18 bits per heavy atom. The normalized spacial score (nSPS) is 17.1. The van der Waals surface area contributed by atoms with Gasteiger partial charge in [0.15, 0.2) is 0 Å². The Morgan fingerprint density at radius 1 is 1.47 bits per heavy atom. The number of hydrogen-bond donors (Lipinski definition) is 1. The summed E-state index contributed by atoms with van der Waals surface area (Å²) in [6, 6.07) is 6.24. The van der Waals surface area contributed by atoms with E-state index in [1.807, 2.05) is 4.90 Å². The van der Waals surface area contributed by atoms with Crippen LogP contribution in [0.2, 0.25) is 0 Å². The van der Waals surface area contributed by atoms with Crippen molar-refractivity contribution in [1.82, 2.24) is 4.90 Å². The van der Waals surface area contributed by atoms with Crippen LogP contribution in [0.3, 0.4) is 0 Å². The average Bonchev–Trinajstić information content (AvgIpc) is 2.22. The zero-order valence-corrected chi connectivity index (χ0v) is 9.14. The van der Waals surface area contributed by atoms with Gasteiger partial charge < -0.3 is 5.11 Å². The summed E-state index contributed by atoms with van der Waals surface area (Å²) in [7, 11) is 0. The lowest BCUT2D eigenvalue weighted by Crippen LogP contribution is -2.49. The summed E-state index contributed by atoms with van der Waals surface area (Å²) < 4.78 is 24.9. The van der Waals surface area contributed by atoms with Crippen LogP contribution in [0, 0.1) is 5.92 Å². The molecule has 17 heavy (non-hydrogen) atoms. The molecule has 0 atom stereocenters. The van der Waals surface area contributed by atoms with Gasteiger partial charge in [-0.1, -0.05) is 18.2 Å². The standard InChI is InChI=1S/C12H13F2NO2/c13-11(14)9-3-1-2-8(4-9)5-15-6-10(7-15)12(16)17/h1-4,10-11H,5-7H2,(H,16,17). The number of rotatable bonds is 4. The monoisotopic (exact) mass is 241 g/mol. The predicted octanol–water partition coefficient (Wildman–Crippen LogP) is 2.14. The minimum atomic E-state index is -2.46. The van der Waals surface area contributed by atoms with E-state index in [0.29, 0.717) is 19.6 Å². The Balaban J connectivity index is 1.92. The van der Waals surface area contributed by atoms with Gasteiger partial charge >= 0.3 is 5.97 Å². The van der Waals surface area contributed by atoms with Crippen LogP contribution in [0.15, 0.2) is 24.3 Å². The van der Waals surface area contributed by atoms with Gasteiger partial charge in [-0.2, -0.15) is 0 Å². The van der Waals surface area contributed by atoms with Crippen molar-refractivity contribution in [3.8, 4) is 0 Å². The number of benzene rings is 1. The van der Waals surface area contributed by atoms with E-state index in [1.165, 1.54) is 12.1 Å². The van der Waals surface area contributed by atoms with Gasteiger partial charge in [0.2, 0.25) is 0 Å². The fourth-order valence-corrected chi connectivity index (χ4v) is 1.94. The van der Waals surface area contributed by atoms with E-state index in [2.05, 4.69) is 0 Å². The predicted molar refractivity (Wildman–Crippen MR) is 57.8 cm³/mol. The smallest absolute Gasteiger partial charge is 0.309 e. The summed E-state index contributed by atoms with van der Waals surface area (Å²) >= 11 is 0. The van der Waals surface area contributed by atoms with Crippen molar-refractivity contribution in [2.24, 2.45) is 5.92 Å². The fraction of sp³-hybridized carbons (Fsp3) is 0.417. The van der Waals surface area contributed by atoms with E-state index < -0.39 is 12.4 Å². The molecule has 1 heterocycles. The first kappa shape index (κ1) is 12.0. The number of carboxylic acid groups (broad SMARTS) is 1. The van der Waals surface area contributed by atoms with E-state index in [0.717, 1.165) is 5.56 Å². The SMILES string of the molecule is O=C(O)C1CN(Cc2cccc(C(F)F)c2)C1. The number of hydrogen-bond acceptors (Lipinski definition) is 2. The average molecular weight is 241 g/mol. The lowest BCUT2D eigenvalue weighted by molar-refractivity contribution is -0.147. The van der Waals surface area contributed by atoms with Crippen molar-refractivity contribution >= 4 is 5.97 Å². The molecule has 1 aliphatic heterocycles. The maximum Gasteiger partial charge on any atom is 0.309 e. The third kappa shape index (κ3) is 2.79. The van der Waals surface area contributed by atoms with Crippen LogP contribution in [-0.4, -0.2) is 29.1 Å². The minimum Gasteiger partial charge on any atom is -0.481 e. The highest BCUT2D eigenvalue weighted by molar-refractivity contribution is 5.71. The molecule has 0 bridgehead atoms. The van der Waals surface area contributed by atoms with E-state index in [-0.39, 0.29) is 11.5 Å². The molecule has 0 radical (unpaired) electrons. The van der Waals surface area contributed by atoms with Crippen molar-refractivity contribution in [3.63, 3.8) is 0 Å². The van der Waals surface area contributed by atoms with Crippen molar-refractivity contribution in [2.75, 3.05) is 13.1 Å². The molecule has 1 fully saturated rings. The van der Waals surface area contributed by atoms with Crippen LogP contribution in [0.1, 0.15) is 17.6 Å². The first-order chi connectivity index (χ1) is 8.06. The lowest BCUT2D eigenvalue weighted by Gasteiger charge is -2.36. The van der Waals surface area contributed by atoms with Crippen molar-refractivity contribution < 1.29 is 18.7 Å². The first-order valence-corrected chi connectivity index (χ1v) is 5.38. The highest BCUT2D eigenvalue weighted by Crippen LogP contribution is 2.22. The van der Waals surface area contributed by atoms with E-state index in [4.69, 9.17) is 5.11 Å². The second kappa shape index (κ2) is 4.79. The van der Waals surface area contributed by atoms with Gasteiger partial charge in [0, 0.05) is 25.2 Å². The van der Waals surface area contributed by atoms with Gasteiger partial charge in [-0.3, -0.25) is 9.69 Å². The Bertz CT molecular complexity index is 417. The number of likely N-dealkylation sites (tertiary alicyclic amines) is 1. The molecule has 1 saturated heterocycles. The molecule has 5 heteroatoms. The van der Waals surface area contributed by atoms with Crippen LogP contribution in [-0.2, 0) is 11.3 Å². The molecule has 1 N–H and O–H groups in total. The molecule has 1 aromatic carbocycles. The molecule has 0 amide bonds. The molecule has 0 saturated carbocycles. The third-order valence-corrected chi connectivity index (χ3v) is 2.92. The molecule has 1 aromatic rings. The Hall–Kier alpha value is -1.49. The summed E-state index contributed by atoms with van der Waals surface area (Å²) in [4.78, 5) is 12.5. The molecule has 0 aromatic heterocycles. The maximum absolute atomic E-state index is 12.5. The summed E-state index contributed by atoms with van der Waals surface area (Å²) in [6.07, 6.45) is -2.46. The van der Waals surface area contributed by atoms with E-state index in [1.54, 1.807) is 12.1 Å². The number of aliphatic carboxylic acids is 1. The Labute approximate surface area is 97.7 Å². The molecule has 3 nitrogen and oxygen atoms in total. The summed E-state index contributed by atoms with van der Waals surface area (Å²) in [5, 5.41) is 8.71. The van der Waals surface area contributed by atoms with Crippen LogP contribution in [0.25, 0.3) is 0 Å². The first-order valence-electron chi connectivity index (χ1n) is 5.38. The molecule has 92 valence electrons. The molecule has 1 aliphatic rings. The topological polar surface area (TPSA) is 40.5 Å². The molecule has 0 unspecified atom stereocenters. The highest BCUT2D eigenvalue weighted by Gasteiger charge is 2.32. The van der Waals surface area contributed by atoms with Crippen molar-refractivity contribution in [3.05, 3.63) is 35.4 Å². The molecular formula is C12H13F2NO2. The molecule has 0 aliphatic carbocycles. The van der Waals surface area contributed by atoms with E-state index >= 15 is 0 Å². The van der Waals surface area contributed by atoms with Crippen LogP contribution >= 0.6 is 0 Å². The van der Waals surface area contributed by atoms with Gasteiger partial charge in [-0.25, -0.2) is 8.78 Å². The van der Waals surface area contributed by atoms with Gasteiger partial charge in [0.05, 0.1) is 5.92 Å². The molecule has 2 rings (SSSR count). The van der Waals surface area contributed by atoms with Crippen LogP contribution in [0.4, 0.5) is 8.78 Å². The minimum absolute atomic E-state index is 0.0119. The van der Waals surface area contributed by atoms with Gasteiger partial charge in [-0.05, 0) is 11.6 Å². The number of halogens is 2. The zero-order valence-electron chi connectivity index (χ0n) is 9.14. The molecular weight excluding hydrogens is 228 g/mol. The van der Waals surface area contributed by atoms with Crippen molar-refractivity contribution in [2.45, 2.75) is 13.0 Å². The van der Waals surface area contributed by atoms with Gasteiger partial charge in [0.1, 0.15) is 0 Å². The quantitative estimate of drug-likeness (QED) is 0.878. The number of nitrogens with zero attached hydrogens (tertiary/aromatic N) is 1. The second-order valence-corrected chi connectivity index (χ2v) is 4.27. The Morgan fingerprint density at radius 3 is 2.76 bits per heavy atom. The van der Waals surface area contributed by atoms with Gasteiger partial charge in [-0.15, -0.1) is 0 Å². The highest BCUT2D eigenvalue weighted by atomic mass is 19.3. The van der Waals surface area contributed by atoms with Gasteiger partial charge in [0.25, 0.3) is 6.43 Å². The summed E-state index contributed by atoms with van der Waals surface area (Å²) in [5.74, 6) is -1.10. The number of carboxylic acids is 1. The largest absolute Gasteiger partial charge is 0.481 e. The second-order valence-electron chi connectivity index (χ2n) is 4.27. The summed E-state index contributed by atoms with van der Waals surface area (Å²) in [6.45, 7) is 1.52. The number of alkyl halides is 2. The zero-order chi connectivity index (χ0) is 12.4. The Kier molecular flexibility index (Phi) is 3.38. The number of carbonyl (C=O) groups is 1. The third-order valence-electron chi connectivity index (χ3n) is 2.92. The molecule has 0 spiro atoms.